The second-order valence-electron chi connectivity index (χ2n) is 9.48. The third-order valence-corrected chi connectivity index (χ3v) is 7.98. The van der Waals surface area contributed by atoms with E-state index >= 15 is 0 Å². The number of hydrogen-bond acceptors (Lipinski definition) is 3. The molecule has 7 unspecified atom stereocenters. The van der Waals surface area contributed by atoms with E-state index in [0.717, 1.165) is 43.4 Å². The molecule has 4 rings (SSSR count). The van der Waals surface area contributed by atoms with Crippen molar-refractivity contribution in [1.29, 1.82) is 0 Å². The zero-order chi connectivity index (χ0) is 17.6. The van der Waals surface area contributed by atoms with Crippen molar-refractivity contribution in [2.45, 2.75) is 95.9 Å². The molecule has 2 saturated heterocycles. The molecule has 0 aromatic heterocycles. The van der Waals surface area contributed by atoms with Gasteiger partial charge >= 0.3 is 5.97 Å². The summed E-state index contributed by atoms with van der Waals surface area (Å²) in [6.45, 7) is 4.79. The maximum absolute atomic E-state index is 11.2. The number of aliphatic carboxylic acids is 1. The molecule has 2 saturated carbocycles. The SMILES string of the molecule is CC1CCC(C)C2OC(C3CCC(C4CCC(C(=O)O)CC4)N3)CC12. The van der Waals surface area contributed by atoms with Gasteiger partial charge in [-0.25, -0.2) is 0 Å². The van der Waals surface area contributed by atoms with Crippen molar-refractivity contribution in [1.82, 2.24) is 5.32 Å². The minimum atomic E-state index is -0.596. The van der Waals surface area contributed by atoms with Crippen LogP contribution >= 0.6 is 0 Å². The molecule has 4 heteroatoms. The third kappa shape index (κ3) is 3.49. The van der Waals surface area contributed by atoms with E-state index in [4.69, 9.17) is 4.74 Å². The molecule has 7 atom stereocenters. The van der Waals surface area contributed by atoms with Crippen LogP contribution < -0.4 is 5.32 Å². The molecular formula is C21H35NO3. The lowest BCUT2D eigenvalue weighted by atomic mass is 9.72. The highest BCUT2D eigenvalue weighted by Crippen LogP contribution is 2.45. The van der Waals surface area contributed by atoms with Gasteiger partial charge in [0.2, 0.25) is 0 Å². The van der Waals surface area contributed by atoms with Crippen LogP contribution in [0, 0.1) is 29.6 Å². The summed E-state index contributed by atoms with van der Waals surface area (Å²) < 4.78 is 6.58. The van der Waals surface area contributed by atoms with Gasteiger partial charge < -0.3 is 15.2 Å². The second-order valence-corrected chi connectivity index (χ2v) is 9.48. The molecule has 4 fully saturated rings. The highest BCUT2D eigenvalue weighted by molar-refractivity contribution is 5.70. The summed E-state index contributed by atoms with van der Waals surface area (Å²) in [4.78, 5) is 11.2. The van der Waals surface area contributed by atoms with Crippen LogP contribution in [-0.4, -0.2) is 35.4 Å². The summed E-state index contributed by atoms with van der Waals surface area (Å²) in [5.74, 6) is 2.27. The highest BCUT2D eigenvalue weighted by Gasteiger charge is 2.47. The van der Waals surface area contributed by atoms with Crippen molar-refractivity contribution in [3.63, 3.8) is 0 Å². The van der Waals surface area contributed by atoms with Crippen molar-refractivity contribution in [3.05, 3.63) is 0 Å². The number of hydrogen-bond donors (Lipinski definition) is 2. The van der Waals surface area contributed by atoms with Crippen LogP contribution in [0.4, 0.5) is 0 Å². The van der Waals surface area contributed by atoms with Gasteiger partial charge in [0.05, 0.1) is 18.1 Å². The molecule has 4 nitrogen and oxygen atoms in total. The average molecular weight is 350 g/mol. The third-order valence-electron chi connectivity index (χ3n) is 7.98. The molecule has 4 aliphatic rings. The molecule has 0 spiro atoms. The summed E-state index contributed by atoms with van der Waals surface area (Å²) in [5, 5.41) is 13.1. The van der Waals surface area contributed by atoms with Crippen LogP contribution in [0.15, 0.2) is 0 Å². The van der Waals surface area contributed by atoms with E-state index in [1.807, 2.05) is 0 Å². The molecule has 0 bridgehead atoms. The van der Waals surface area contributed by atoms with E-state index in [9.17, 15) is 9.90 Å². The fourth-order valence-corrected chi connectivity index (χ4v) is 6.27. The first-order valence-electron chi connectivity index (χ1n) is 10.7. The van der Waals surface area contributed by atoms with E-state index in [0.29, 0.717) is 30.2 Å². The Kier molecular flexibility index (Phi) is 5.11. The maximum Gasteiger partial charge on any atom is 0.306 e. The molecular weight excluding hydrogens is 314 g/mol. The van der Waals surface area contributed by atoms with Crippen LogP contribution in [0.25, 0.3) is 0 Å². The second kappa shape index (κ2) is 7.19. The normalized spacial score (nSPS) is 50.6. The number of ether oxygens (including phenoxy) is 1. The molecule has 142 valence electrons. The van der Waals surface area contributed by atoms with E-state index in [1.165, 1.54) is 32.1 Å². The fourth-order valence-electron chi connectivity index (χ4n) is 6.27. The highest BCUT2D eigenvalue weighted by atomic mass is 16.5. The maximum atomic E-state index is 11.2. The first kappa shape index (κ1) is 17.8. The zero-order valence-corrected chi connectivity index (χ0v) is 15.8. The topological polar surface area (TPSA) is 58.6 Å². The predicted octanol–water partition coefficient (Wildman–Crippen LogP) is 3.84. The van der Waals surface area contributed by atoms with Crippen molar-refractivity contribution in [2.75, 3.05) is 0 Å². The van der Waals surface area contributed by atoms with Crippen molar-refractivity contribution in [3.8, 4) is 0 Å². The fraction of sp³-hybridized carbons (Fsp3) is 0.952. The minimum absolute atomic E-state index is 0.0993. The van der Waals surface area contributed by atoms with Crippen molar-refractivity contribution < 1.29 is 14.6 Å². The lowest BCUT2D eigenvalue weighted by Crippen LogP contribution is -2.42. The summed E-state index contributed by atoms with van der Waals surface area (Å²) in [5.41, 5.74) is 0. The molecule has 2 N–H and O–H groups in total. The average Bonchev–Trinajstić information content (AvgIpc) is 3.26. The Balaban J connectivity index is 1.31. The number of carboxylic acids is 1. The lowest BCUT2D eigenvalue weighted by Gasteiger charge is -2.35. The molecule has 2 aliphatic heterocycles. The quantitative estimate of drug-likeness (QED) is 0.813. The van der Waals surface area contributed by atoms with Crippen LogP contribution in [0.1, 0.15) is 71.6 Å². The van der Waals surface area contributed by atoms with Gasteiger partial charge in [-0.05, 0) is 81.5 Å². The van der Waals surface area contributed by atoms with E-state index in [1.54, 1.807) is 0 Å². The van der Waals surface area contributed by atoms with Crippen LogP contribution in [0.2, 0.25) is 0 Å². The van der Waals surface area contributed by atoms with Gasteiger partial charge in [0, 0.05) is 12.1 Å². The molecule has 0 aromatic rings. The van der Waals surface area contributed by atoms with E-state index in [2.05, 4.69) is 19.2 Å². The lowest BCUT2D eigenvalue weighted by molar-refractivity contribution is -0.143. The van der Waals surface area contributed by atoms with Gasteiger partial charge in [-0.15, -0.1) is 0 Å². The van der Waals surface area contributed by atoms with Crippen molar-refractivity contribution >= 4 is 5.97 Å². The summed E-state index contributed by atoms with van der Waals surface area (Å²) in [6.07, 6.45) is 11.2. The Morgan fingerprint density at radius 2 is 1.60 bits per heavy atom. The first-order chi connectivity index (χ1) is 12.0. The van der Waals surface area contributed by atoms with Gasteiger partial charge in [0.15, 0.2) is 0 Å². The molecule has 25 heavy (non-hydrogen) atoms. The molecule has 0 amide bonds. The van der Waals surface area contributed by atoms with E-state index in [-0.39, 0.29) is 5.92 Å². The summed E-state index contributed by atoms with van der Waals surface area (Å²) >= 11 is 0. The Hall–Kier alpha value is -0.610. The van der Waals surface area contributed by atoms with Gasteiger partial charge in [0.1, 0.15) is 0 Å². The molecule has 0 radical (unpaired) electrons. The van der Waals surface area contributed by atoms with E-state index < -0.39 is 5.97 Å². The number of rotatable bonds is 3. The molecule has 2 aliphatic carbocycles. The Labute approximate surface area is 152 Å². The summed E-state index contributed by atoms with van der Waals surface area (Å²) in [7, 11) is 0. The Morgan fingerprint density at radius 3 is 2.28 bits per heavy atom. The Bertz CT molecular complexity index is 470. The van der Waals surface area contributed by atoms with Crippen LogP contribution in [0.5, 0.6) is 0 Å². The number of carbonyl (C=O) groups is 1. The molecule has 0 aromatic carbocycles. The van der Waals surface area contributed by atoms with Crippen LogP contribution in [0.3, 0.4) is 0 Å². The number of nitrogens with one attached hydrogen (secondary N) is 1. The number of carboxylic acid groups (broad SMARTS) is 1. The van der Waals surface area contributed by atoms with Gasteiger partial charge in [-0.3, -0.25) is 4.79 Å². The minimum Gasteiger partial charge on any atom is -0.481 e. The Morgan fingerprint density at radius 1 is 0.920 bits per heavy atom. The van der Waals surface area contributed by atoms with Crippen molar-refractivity contribution in [2.24, 2.45) is 29.6 Å². The van der Waals surface area contributed by atoms with Gasteiger partial charge in [-0.1, -0.05) is 13.8 Å². The number of fused-ring (bicyclic) bond motifs is 1. The monoisotopic (exact) mass is 349 g/mol. The predicted molar refractivity (Wildman–Crippen MR) is 97.4 cm³/mol. The summed E-state index contributed by atoms with van der Waals surface area (Å²) in [6, 6.07) is 1.10. The standard InChI is InChI=1S/C21H35NO3/c1-12-3-4-13(2)20-16(12)11-19(25-20)18-10-9-17(22-18)14-5-7-15(8-6-14)21(23)24/h12-20,22H,3-11H2,1-2H3,(H,23,24). The molecule has 2 heterocycles. The largest absolute Gasteiger partial charge is 0.481 e. The van der Waals surface area contributed by atoms with Crippen LogP contribution in [-0.2, 0) is 9.53 Å². The zero-order valence-electron chi connectivity index (χ0n) is 15.8. The van der Waals surface area contributed by atoms with Gasteiger partial charge in [-0.2, -0.15) is 0 Å². The smallest absolute Gasteiger partial charge is 0.306 e. The van der Waals surface area contributed by atoms with Gasteiger partial charge in [0.25, 0.3) is 0 Å². The first-order valence-corrected chi connectivity index (χ1v) is 10.7.